The van der Waals surface area contributed by atoms with Crippen LogP contribution in [0.3, 0.4) is 0 Å². The minimum atomic E-state index is -0.0942. The highest BCUT2D eigenvalue weighted by atomic mass is 127. The maximum absolute atomic E-state index is 14.4. The van der Waals surface area contributed by atoms with Crippen LogP contribution in [0.5, 0.6) is 0 Å². The SMILES string of the molecule is Fc1c(-c2cn[nH]c2)cc(I)c2c1CCNC2. The van der Waals surface area contributed by atoms with Crippen LogP contribution < -0.4 is 5.32 Å². The zero-order chi connectivity index (χ0) is 11.8. The molecule has 2 N–H and O–H groups in total. The summed E-state index contributed by atoms with van der Waals surface area (Å²) in [5, 5.41) is 9.87. The van der Waals surface area contributed by atoms with Crippen molar-refractivity contribution in [3.05, 3.63) is 39.0 Å². The van der Waals surface area contributed by atoms with Gasteiger partial charge in [-0.3, -0.25) is 5.10 Å². The summed E-state index contributed by atoms with van der Waals surface area (Å²) in [5.74, 6) is -0.0942. The monoisotopic (exact) mass is 343 g/mol. The van der Waals surface area contributed by atoms with Crippen LogP contribution in [0, 0.1) is 9.39 Å². The van der Waals surface area contributed by atoms with Gasteiger partial charge in [-0.25, -0.2) is 4.39 Å². The lowest BCUT2D eigenvalue weighted by Crippen LogP contribution is -2.25. The highest BCUT2D eigenvalue weighted by Crippen LogP contribution is 2.31. The van der Waals surface area contributed by atoms with Gasteiger partial charge in [0, 0.05) is 27.4 Å². The summed E-state index contributed by atoms with van der Waals surface area (Å²) < 4.78 is 15.5. The molecule has 0 bridgehead atoms. The van der Waals surface area contributed by atoms with E-state index in [1.165, 1.54) is 0 Å². The Hall–Kier alpha value is -0.950. The molecule has 2 heterocycles. The fourth-order valence-corrected chi connectivity index (χ4v) is 3.03. The Labute approximate surface area is 112 Å². The largest absolute Gasteiger partial charge is 0.312 e. The summed E-state index contributed by atoms with van der Waals surface area (Å²) >= 11 is 2.27. The first-order valence-corrected chi connectivity index (χ1v) is 6.55. The second-order valence-electron chi connectivity index (χ2n) is 4.09. The first-order chi connectivity index (χ1) is 8.27. The van der Waals surface area contributed by atoms with Crippen molar-refractivity contribution < 1.29 is 4.39 Å². The quantitative estimate of drug-likeness (QED) is 0.781. The van der Waals surface area contributed by atoms with Crippen LogP contribution in [0.25, 0.3) is 11.1 Å². The molecule has 0 fully saturated rings. The standard InChI is InChI=1S/C12H11FIN3/c13-12-8-1-2-15-6-10(8)11(14)3-9(12)7-4-16-17-5-7/h3-5,15H,1-2,6H2,(H,16,17). The third-order valence-electron chi connectivity index (χ3n) is 3.09. The van der Waals surface area contributed by atoms with E-state index in [-0.39, 0.29) is 5.82 Å². The van der Waals surface area contributed by atoms with E-state index in [9.17, 15) is 4.39 Å². The Morgan fingerprint density at radius 3 is 3.00 bits per heavy atom. The number of rotatable bonds is 1. The van der Waals surface area contributed by atoms with Crippen molar-refractivity contribution in [3.63, 3.8) is 0 Å². The average Bonchev–Trinajstić information content (AvgIpc) is 2.87. The van der Waals surface area contributed by atoms with Crippen LogP contribution >= 0.6 is 22.6 Å². The van der Waals surface area contributed by atoms with E-state index in [1.807, 2.05) is 6.07 Å². The molecule has 1 aliphatic rings. The molecule has 1 aromatic carbocycles. The molecule has 2 aromatic rings. The number of benzene rings is 1. The molecule has 0 amide bonds. The fraction of sp³-hybridized carbons (Fsp3) is 0.250. The molecule has 0 atom stereocenters. The normalized spacial score (nSPS) is 14.7. The van der Waals surface area contributed by atoms with Gasteiger partial charge in [-0.05, 0) is 52.7 Å². The first kappa shape index (κ1) is 11.2. The Bertz CT molecular complexity index is 551. The van der Waals surface area contributed by atoms with Crippen molar-refractivity contribution in [1.82, 2.24) is 15.5 Å². The van der Waals surface area contributed by atoms with E-state index in [1.54, 1.807) is 12.4 Å². The van der Waals surface area contributed by atoms with Crippen molar-refractivity contribution in [2.45, 2.75) is 13.0 Å². The van der Waals surface area contributed by atoms with E-state index < -0.39 is 0 Å². The number of nitrogens with one attached hydrogen (secondary N) is 2. The lowest BCUT2D eigenvalue weighted by molar-refractivity contribution is 0.570. The van der Waals surface area contributed by atoms with E-state index in [2.05, 4.69) is 38.1 Å². The summed E-state index contributed by atoms with van der Waals surface area (Å²) in [6.07, 6.45) is 4.13. The maximum Gasteiger partial charge on any atom is 0.134 e. The highest BCUT2D eigenvalue weighted by Gasteiger charge is 2.20. The molecule has 3 nitrogen and oxygen atoms in total. The molecule has 0 saturated heterocycles. The van der Waals surface area contributed by atoms with Gasteiger partial charge in [-0.2, -0.15) is 5.10 Å². The predicted octanol–water partition coefficient (Wildman–Crippen LogP) is 2.47. The smallest absolute Gasteiger partial charge is 0.134 e. The zero-order valence-electron chi connectivity index (χ0n) is 9.06. The molecule has 3 rings (SSSR count). The summed E-state index contributed by atoms with van der Waals surface area (Å²) in [5.41, 5.74) is 3.40. The summed E-state index contributed by atoms with van der Waals surface area (Å²) in [6, 6.07) is 1.90. The predicted molar refractivity (Wildman–Crippen MR) is 72.1 cm³/mol. The lowest BCUT2D eigenvalue weighted by atomic mass is 9.95. The highest BCUT2D eigenvalue weighted by molar-refractivity contribution is 14.1. The topological polar surface area (TPSA) is 40.7 Å². The first-order valence-electron chi connectivity index (χ1n) is 5.47. The van der Waals surface area contributed by atoms with Crippen molar-refractivity contribution >= 4 is 22.6 Å². The van der Waals surface area contributed by atoms with E-state index in [0.717, 1.165) is 39.8 Å². The molecule has 1 aliphatic heterocycles. The van der Waals surface area contributed by atoms with Gasteiger partial charge in [0.15, 0.2) is 0 Å². The maximum atomic E-state index is 14.4. The van der Waals surface area contributed by atoms with Crippen molar-refractivity contribution in [3.8, 4) is 11.1 Å². The Morgan fingerprint density at radius 2 is 2.24 bits per heavy atom. The van der Waals surface area contributed by atoms with Gasteiger partial charge >= 0.3 is 0 Å². The second kappa shape index (κ2) is 4.38. The summed E-state index contributed by atoms with van der Waals surface area (Å²) in [7, 11) is 0. The van der Waals surface area contributed by atoms with E-state index in [4.69, 9.17) is 0 Å². The van der Waals surface area contributed by atoms with Crippen LogP contribution in [0.15, 0.2) is 18.5 Å². The summed E-state index contributed by atoms with van der Waals surface area (Å²) in [6.45, 7) is 1.60. The number of H-pyrrole nitrogens is 1. The van der Waals surface area contributed by atoms with Gasteiger partial charge in [-0.15, -0.1) is 0 Å². The third kappa shape index (κ3) is 1.87. The van der Waals surface area contributed by atoms with Gasteiger partial charge in [-0.1, -0.05) is 0 Å². The van der Waals surface area contributed by atoms with Crippen molar-refractivity contribution in [2.75, 3.05) is 6.54 Å². The third-order valence-corrected chi connectivity index (χ3v) is 4.05. The molecule has 0 saturated carbocycles. The van der Waals surface area contributed by atoms with Gasteiger partial charge in [0.1, 0.15) is 5.82 Å². The molecule has 0 aliphatic carbocycles. The minimum Gasteiger partial charge on any atom is -0.312 e. The van der Waals surface area contributed by atoms with E-state index >= 15 is 0 Å². The van der Waals surface area contributed by atoms with E-state index in [0.29, 0.717) is 5.56 Å². The second-order valence-corrected chi connectivity index (χ2v) is 5.25. The molecule has 17 heavy (non-hydrogen) atoms. The van der Waals surface area contributed by atoms with Crippen LogP contribution in [0.4, 0.5) is 4.39 Å². The van der Waals surface area contributed by atoms with Crippen LogP contribution in [0.1, 0.15) is 11.1 Å². The van der Waals surface area contributed by atoms with Crippen LogP contribution in [-0.2, 0) is 13.0 Å². The van der Waals surface area contributed by atoms with Gasteiger partial charge in [0.25, 0.3) is 0 Å². The average molecular weight is 343 g/mol. The Morgan fingerprint density at radius 1 is 1.35 bits per heavy atom. The van der Waals surface area contributed by atoms with Crippen LogP contribution in [-0.4, -0.2) is 16.7 Å². The van der Waals surface area contributed by atoms with Gasteiger partial charge in [0.2, 0.25) is 0 Å². The number of nitrogens with zero attached hydrogens (tertiary/aromatic N) is 1. The lowest BCUT2D eigenvalue weighted by Gasteiger charge is -2.20. The number of halogens is 2. The number of hydrogen-bond donors (Lipinski definition) is 2. The summed E-state index contributed by atoms with van der Waals surface area (Å²) in [4.78, 5) is 0. The number of fused-ring (bicyclic) bond motifs is 1. The van der Waals surface area contributed by atoms with Gasteiger partial charge in [0.05, 0.1) is 6.20 Å². The number of aromatic amines is 1. The zero-order valence-corrected chi connectivity index (χ0v) is 11.2. The minimum absolute atomic E-state index is 0.0942. The molecular weight excluding hydrogens is 332 g/mol. The van der Waals surface area contributed by atoms with Crippen LogP contribution in [0.2, 0.25) is 0 Å². The number of aromatic nitrogens is 2. The Balaban J connectivity index is 2.21. The molecule has 1 aromatic heterocycles. The van der Waals surface area contributed by atoms with Crippen molar-refractivity contribution in [1.29, 1.82) is 0 Å². The molecule has 0 unspecified atom stereocenters. The molecule has 5 heteroatoms. The molecule has 0 radical (unpaired) electrons. The van der Waals surface area contributed by atoms with Crippen molar-refractivity contribution in [2.24, 2.45) is 0 Å². The molecule has 0 spiro atoms. The molecule has 88 valence electrons. The Kier molecular flexibility index (Phi) is 2.87. The fourth-order valence-electron chi connectivity index (χ4n) is 2.20. The number of hydrogen-bond acceptors (Lipinski definition) is 2. The molecular formula is C12H11FIN3. The van der Waals surface area contributed by atoms with Gasteiger partial charge < -0.3 is 5.32 Å².